The Balaban J connectivity index is 1.43. The topological polar surface area (TPSA) is 68.0 Å². The summed E-state index contributed by atoms with van der Waals surface area (Å²) in [4.78, 5) is 12.3. The Bertz CT molecular complexity index is 1190. The van der Waals surface area contributed by atoms with Crippen LogP contribution in [0.1, 0.15) is 26.1 Å². The highest BCUT2D eigenvalue weighted by Crippen LogP contribution is 2.28. The molecule has 1 N–H and O–H groups in total. The van der Waals surface area contributed by atoms with Crippen LogP contribution in [0.4, 0.5) is 4.39 Å². The summed E-state index contributed by atoms with van der Waals surface area (Å²) in [6.07, 6.45) is 1.60. The summed E-state index contributed by atoms with van der Waals surface area (Å²) in [7, 11) is 0. The number of hydrogen-bond donors (Lipinski definition) is 1. The number of benzene rings is 2. The number of nitrogens with one attached hydrogen (secondary N) is 1. The Hall–Kier alpha value is -3.29. The highest BCUT2D eigenvalue weighted by Gasteiger charge is 2.15. The standard InChI is InChI=1S/C22H15ClFN3O2S/c23-18(12-17-10-11-19(29-17)15-6-8-16(24)9-7-15)21-26-27-22(30-21)20(28)25-13-14-4-2-1-3-5-14/h1-12H,13H2,(H,25,28)/b18-12-. The third-order valence-electron chi connectivity index (χ3n) is 4.14. The Labute approximate surface area is 180 Å². The van der Waals surface area contributed by atoms with Crippen LogP contribution in [-0.4, -0.2) is 16.1 Å². The molecule has 0 saturated heterocycles. The molecule has 0 fully saturated rings. The van der Waals surface area contributed by atoms with E-state index in [1.165, 1.54) is 12.1 Å². The first kappa shape index (κ1) is 20.0. The summed E-state index contributed by atoms with van der Waals surface area (Å²) in [5, 5.41) is 11.6. The van der Waals surface area contributed by atoms with Gasteiger partial charge < -0.3 is 9.73 Å². The van der Waals surface area contributed by atoms with Crippen LogP contribution in [0.5, 0.6) is 0 Å². The van der Waals surface area contributed by atoms with Gasteiger partial charge in [0, 0.05) is 18.2 Å². The first-order valence-electron chi connectivity index (χ1n) is 8.97. The highest BCUT2D eigenvalue weighted by molar-refractivity contribution is 7.15. The lowest BCUT2D eigenvalue weighted by atomic mass is 10.2. The van der Waals surface area contributed by atoms with Crippen LogP contribution < -0.4 is 5.32 Å². The molecule has 8 heteroatoms. The summed E-state index contributed by atoms with van der Waals surface area (Å²) >= 11 is 7.43. The van der Waals surface area contributed by atoms with Gasteiger partial charge in [-0.05, 0) is 42.0 Å². The molecule has 0 saturated carbocycles. The molecule has 0 aliphatic carbocycles. The molecule has 0 aliphatic heterocycles. The summed E-state index contributed by atoms with van der Waals surface area (Å²) in [6.45, 7) is 0.400. The zero-order valence-corrected chi connectivity index (χ0v) is 17.1. The van der Waals surface area contributed by atoms with Crippen LogP contribution in [0.3, 0.4) is 0 Å². The second-order valence-corrected chi connectivity index (χ2v) is 7.67. The van der Waals surface area contributed by atoms with Gasteiger partial charge in [-0.25, -0.2) is 4.39 Å². The van der Waals surface area contributed by atoms with Crippen LogP contribution in [-0.2, 0) is 6.54 Å². The van der Waals surface area contributed by atoms with E-state index in [-0.39, 0.29) is 16.7 Å². The molecule has 0 unspecified atom stereocenters. The minimum Gasteiger partial charge on any atom is -0.457 e. The van der Waals surface area contributed by atoms with Crippen LogP contribution in [0.2, 0.25) is 0 Å². The van der Waals surface area contributed by atoms with Crippen molar-refractivity contribution in [1.29, 1.82) is 0 Å². The number of carbonyl (C=O) groups is 1. The largest absolute Gasteiger partial charge is 0.457 e. The molecule has 2 aromatic heterocycles. The van der Waals surface area contributed by atoms with E-state index in [1.807, 2.05) is 30.3 Å². The van der Waals surface area contributed by atoms with Gasteiger partial charge in [0.25, 0.3) is 5.91 Å². The molecule has 2 heterocycles. The maximum Gasteiger partial charge on any atom is 0.282 e. The first-order valence-corrected chi connectivity index (χ1v) is 10.2. The third kappa shape index (κ3) is 4.82. The summed E-state index contributed by atoms with van der Waals surface area (Å²) in [5.74, 6) is 0.463. The molecule has 1 amide bonds. The number of furan rings is 1. The number of rotatable bonds is 6. The van der Waals surface area contributed by atoms with Crippen molar-refractivity contribution in [2.75, 3.05) is 0 Å². The van der Waals surface area contributed by atoms with E-state index in [9.17, 15) is 9.18 Å². The highest BCUT2D eigenvalue weighted by atomic mass is 35.5. The zero-order valence-electron chi connectivity index (χ0n) is 15.5. The van der Waals surface area contributed by atoms with Crippen molar-refractivity contribution in [1.82, 2.24) is 15.5 Å². The smallest absolute Gasteiger partial charge is 0.282 e. The SMILES string of the molecule is O=C(NCc1ccccc1)c1nnc(/C(Cl)=C/c2ccc(-c3ccc(F)cc3)o2)s1. The summed E-state index contributed by atoms with van der Waals surface area (Å²) < 4.78 is 18.8. The van der Waals surface area contributed by atoms with Crippen molar-refractivity contribution in [2.24, 2.45) is 0 Å². The molecule has 0 atom stereocenters. The van der Waals surface area contributed by atoms with Crippen LogP contribution in [0, 0.1) is 5.82 Å². The quantitative estimate of drug-likeness (QED) is 0.424. The van der Waals surface area contributed by atoms with E-state index in [1.54, 1.807) is 30.3 Å². The lowest BCUT2D eigenvalue weighted by molar-refractivity contribution is 0.0950. The first-order chi connectivity index (χ1) is 14.6. The van der Waals surface area contributed by atoms with Crippen molar-refractivity contribution >= 4 is 40.0 Å². The van der Waals surface area contributed by atoms with Crippen molar-refractivity contribution in [3.05, 3.63) is 93.9 Å². The Morgan fingerprint density at radius 2 is 1.77 bits per heavy atom. The van der Waals surface area contributed by atoms with Gasteiger partial charge in [-0.1, -0.05) is 53.3 Å². The fourth-order valence-electron chi connectivity index (χ4n) is 2.65. The predicted octanol–water partition coefficient (Wildman–Crippen LogP) is 5.60. The fourth-order valence-corrected chi connectivity index (χ4v) is 3.58. The van der Waals surface area contributed by atoms with E-state index in [0.717, 1.165) is 22.5 Å². The average molecular weight is 440 g/mol. The number of nitrogens with zero attached hydrogens (tertiary/aromatic N) is 2. The lowest BCUT2D eigenvalue weighted by Crippen LogP contribution is -2.22. The Morgan fingerprint density at radius 3 is 2.53 bits per heavy atom. The van der Waals surface area contributed by atoms with Crippen molar-refractivity contribution in [2.45, 2.75) is 6.54 Å². The molecule has 4 aromatic rings. The summed E-state index contributed by atoms with van der Waals surface area (Å²) in [6, 6.07) is 19.1. The van der Waals surface area contributed by atoms with E-state index in [2.05, 4.69) is 15.5 Å². The molecule has 5 nitrogen and oxygen atoms in total. The zero-order chi connectivity index (χ0) is 20.9. The molecule has 0 aliphatic rings. The van der Waals surface area contributed by atoms with E-state index < -0.39 is 0 Å². The number of amides is 1. The molecule has 30 heavy (non-hydrogen) atoms. The Kier molecular flexibility index (Phi) is 6.02. The monoisotopic (exact) mass is 439 g/mol. The fraction of sp³-hybridized carbons (Fsp3) is 0.0455. The van der Waals surface area contributed by atoms with Gasteiger partial charge in [-0.15, -0.1) is 10.2 Å². The minimum absolute atomic E-state index is 0.221. The van der Waals surface area contributed by atoms with Crippen molar-refractivity contribution < 1.29 is 13.6 Å². The minimum atomic E-state index is -0.316. The number of aromatic nitrogens is 2. The molecule has 0 spiro atoms. The van der Waals surface area contributed by atoms with Gasteiger partial charge in [0.15, 0.2) is 5.01 Å². The molecule has 150 valence electrons. The van der Waals surface area contributed by atoms with Crippen molar-refractivity contribution in [3.63, 3.8) is 0 Å². The predicted molar refractivity (Wildman–Crippen MR) is 115 cm³/mol. The lowest BCUT2D eigenvalue weighted by Gasteiger charge is -2.01. The molecular weight excluding hydrogens is 425 g/mol. The van der Waals surface area contributed by atoms with Gasteiger partial charge in [0.05, 0.1) is 5.03 Å². The van der Waals surface area contributed by atoms with Gasteiger partial charge in [0.2, 0.25) is 5.01 Å². The number of hydrogen-bond acceptors (Lipinski definition) is 5. The normalized spacial score (nSPS) is 11.5. The number of halogens is 2. The molecule has 4 rings (SSSR count). The average Bonchev–Trinajstić information content (AvgIpc) is 3.43. The third-order valence-corrected chi connectivity index (χ3v) is 5.50. The summed E-state index contributed by atoms with van der Waals surface area (Å²) in [5.41, 5.74) is 1.74. The maximum atomic E-state index is 13.1. The van der Waals surface area contributed by atoms with Gasteiger partial charge in [-0.3, -0.25) is 4.79 Å². The molecular formula is C22H15ClFN3O2S. The van der Waals surface area contributed by atoms with E-state index in [0.29, 0.717) is 28.1 Å². The molecule has 0 bridgehead atoms. The molecule has 2 aromatic carbocycles. The van der Waals surface area contributed by atoms with Crippen molar-refractivity contribution in [3.8, 4) is 11.3 Å². The van der Waals surface area contributed by atoms with E-state index in [4.69, 9.17) is 16.0 Å². The maximum absolute atomic E-state index is 13.1. The van der Waals surface area contributed by atoms with E-state index >= 15 is 0 Å². The van der Waals surface area contributed by atoms with Gasteiger partial charge >= 0.3 is 0 Å². The Morgan fingerprint density at radius 1 is 1.03 bits per heavy atom. The van der Waals surface area contributed by atoms with Crippen LogP contribution >= 0.6 is 22.9 Å². The van der Waals surface area contributed by atoms with Gasteiger partial charge in [-0.2, -0.15) is 0 Å². The van der Waals surface area contributed by atoms with Crippen LogP contribution in [0.25, 0.3) is 22.4 Å². The molecule has 0 radical (unpaired) electrons. The number of carbonyl (C=O) groups excluding carboxylic acids is 1. The van der Waals surface area contributed by atoms with Gasteiger partial charge in [0.1, 0.15) is 17.3 Å². The van der Waals surface area contributed by atoms with Crippen LogP contribution in [0.15, 0.2) is 71.1 Å². The second-order valence-electron chi connectivity index (χ2n) is 6.28. The second kappa shape index (κ2) is 9.02.